The molecule has 2 bridgehead atoms. The van der Waals surface area contributed by atoms with Crippen molar-refractivity contribution in [2.75, 3.05) is 21.2 Å². The minimum absolute atomic E-state index is 0.00593. The van der Waals surface area contributed by atoms with Crippen molar-refractivity contribution in [2.24, 2.45) is 5.92 Å². The SMILES string of the molecule is COS(=O)(=O)[O-].C[N+]1(C)[C@@H]2CC[C@H]1CC(OC(=O)C1CCCC=C1c1ccccc1)C2. The minimum atomic E-state index is -4.41. The quantitative estimate of drug-likeness (QED) is 0.302. The molecular weight excluding hydrogens is 418 g/mol. The number of quaternary nitrogens is 1. The molecule has 0 amide bonds. The number of nitrogens with zero attached hydrogens (tertiary/aromatic N) is 1. The number of benzene rings is 1. The molecular formula is C23H33NO6S. The van der Waals surface area contributed by atoms with E-state index in [1.807, 2.05) is 18.2 Å². The molecule has 2 saturated heterocycles. The van der Waals surface area contributed by atoms with Crippen LogP contribution >= 0.6 is 0 Å². The van der Waals surface area contributed by atoms with Crippen molar-refractivity contribution in [2.45, 2.75) is 63.1 Å². The van der Waals surface area contributed by atoms with E-state index in [0.717, 1.165) is 43.7 Å². The molecule has 0 aromatic heterocycles. The Morgan fingerprint density at radius 3 is 2.19 bits per heavy atom. The molecule has 7 nitrogen and oxygen atoms in total. The highest BCUT2D eigenvalue weighted by molar-refractivity contribution is 7.80. The summed E-state index contributed by atoms with van der Waals surface area (Å²) < 4.78 is 38.2. The molecule has 2 heterocycles. The maximum Gasteiger partial charge on any atom is 0.313 e. The van der Waals surface area contributed by atoms with Gasteiger partial charge in [-0.1, -0.05) is 36.4 Å². The van der Waals surface area contributed by atoms with Crippen molar-refractivity contribution >= 4 is 21.9 Å². The molecule has 0 saturated carbocycles. The number of hydrogen-bond acceptors (Lipinski definition) is 6. The van der Waals surface area contributed by atoms with Crippen LogP contribution in [0.2, 0.25) is 0 Å². The van der Waals surface area contributed by atoms with E-state index >= 15 is 0 Å². The van der Waals surface area contributed by atoms with Gasteiger partial charge < -0.3 is 13.8 Å². The van der Waals surface area contributed by atoms with E-state index in [1.54, 1.807) is 0 Å². The molecule has 1 aromatic rings. The van der Waals surface area contributed by atoms with Crippen molar-refractivity contribution in [3.8, 4) is 0 Å². The number of esters is 1. The standard InChI is InChI=1S/C22H30NO2.CH4O4S/c1-23(2)17-12-13-18(23)15-19(14-17)25-22(24)21-11-7-6-10-20(21)16-8-4-3-5-9-16;1-5-6(2,3)4/h3-5,8-10,17-19,21H,6-7,11-15H2,1-2H3;1H3,(H,2,3,4)/q+1;/p-1/t17-,18+,19?,21?;. The Balaban J connectivity index is 0.000000401. The van der Waals surface area contributed by atoms with Crippen LogP contribution in [0.5, 0.6) is 0 Å². The highest BCUT2D eigenvalue weighted by atomic mass is 32.3. The fourth-order valence-corrected chi connectivity index (χ4v) is 5.24. The van der Waals surface area contributed by atoms with Crippen molar-refractivity contribution in [3.05, 3.63) is 42.0 Å². The lowest BCUT2D eigenvalue weighted by Gasteiger charge is -2.44. The van der Waals surface area contributed by atoms with Gasteiger partial charge in [0.2, 0.25) is 10.4 Å². The third kappa shape index (κ3) is 5.94. The topological polar surface area (TPSA) is 92.7 Å². The van der Waals surface area contributed by atoms with Gasteiger partial charge >= 0.3 is 5.97 Å². The summed E-state index contributed by atoms with van der Waals surface area (Å²) in [5.41, 5.74) is 2.34. The number of ether oxygens (including phenoxy) is 1. The number of piperidine rings is 1. The Kier molecular flexibility index (Phi) is 7.57. The lowest BCUT2D eigenvalue weighted by atomic mass is 9.83. The summed E-state index contributed by atoms with van der Waals surface area (Å²) in [6, 6.07) is 11.7. The van der Waals surface area contributed by atoms with E-state index in [9.17, 15) is 17.8 Å². The minimum Gasteiger partial charge on any atom is -0.726 e. The molecule has 4 atom stereocenters. The largest absolute Gasteiger partial charge is 0.726 e. The van der Waals surface area contributed by atoms with Gasteiger partial charge in [0.1, 0.15) is 6.10 Å². The lowest BCUT2D eigenvalue weighted by molar-refractivity contribution is -0.931. The third-order valence-electron chi connectivity index (χ3n) is 7.10. The van der Waals surface area contributed by atoms with E-state index in [2.05, 4.69) is 36.5 Å². The Morgan fingerprint density at radius 1 is 1.06 bits per heavy atom. The normalized spacial score (nSPS) is 29.4. The Morgan fingerprint density at radius 2 is 1.65 bits per heavy atom. The van der Waals surface area contributed by atoms with Gasteiger partial charge in [-0.05, 0) is 30.4 Å². The maximum atomic E-state index is 13.0. The molecule has 2 fully saturated rings. The number of fused-ring (bicyclic) bond motifs is 2. The van der Waals surface area contributed by atoms with E-state index in [4.69, 9.17) is 4.74 Å². The van der Waals surface area contributed by atoms with E-state index in [0.29, 0.717) is 12.1 Å². The molecule has 3 aliphatic rings. The predicted octanol–water partition coefficient (Wildman–Crippen LogP) is 3.28. The van der Waals surface area contributed by atoms with Gasteiger partial charge in [-0.2, -0.15) is 0 Å². The summed E-state index contributed by atoms with van der Waals surface area (Å²) in [6.45, 7) is 0. The average Bonchev–Trinajstić information content (AvgIpc) is 2.91. The first-order valence-electron chi connectivity index (χ1n) is 10.9. The monoisotopic (exact) mass is 451 g/mol. The molecule has 2 aliphatic heterocycles. The molecule has 2 unspecified atom stereocenters. The van der Waals surface area contributed by atoms with Crippen LogP contribution < -0.4 is 0 Å². The molecule has 4 rings (SSSR count). The average molecular weight is 452 g/mol. The third-order valence-corrected chi connectivity index (χ3v) is 7.51. The molecule has 8 heteroatoms. The van der Waals surface area contributed by atoms with Crippen LogP contribution in [0.15, 0.2) is 36.4 Å². The zero-order chi connectivity index (χ0) is 22.6. The predicted molar refractivity (Wildman–Crippen MR) is 116 cm³/mol. The summed E-state index contributed by atoms with van der Waals surface area (Å²) in [4.78, 5) is 13.0. The van der Waals surface area contributed by atoms with Gasteiger partial charge in [-0.15, -0.1) is 0 Å². The summed E-state index contributed by atoms with van der Waals surface area (Å²) in [7, 11) is 1.09. The molecule has 0 radical (unpaired) electrons. The Bertz CT molecular complexity index is 880. The highest BCUT2D eigenvalue weighted by Gasteiger charge is 2.50. The van der Waals surface area contributed by atoms with E-state index < -0.39 is 10.4 Å². The molecule has 31 heavy (non-hydrogen) atoms. The number of carbonyl (C=O) groups excluding carboxylic acids is 1. The first-order chi connectivity index (χ1) is 14.6. The molecule has 1 aromatic carbocycles. The van der Waals surface area contributed by atoms with Crippen molar-refractivity contribution < 1.29 is 31.2 Å². The van der Waals surface area contributed by atoms with Gasteiger partial charge in [0.05, 0.1) is 39.2 Å². The van der Waals surface area contributed by atoms with Crippen LogP contribution in [0.3, 0.4) is 0 Å². The lowest BCUT2D eigenvalue weighted by Crippen LogP contribution is -2.56. The second kappa shape index (κ2) is 9.81. The van der Waals surface area contributed by atoms with Crippen LogP contribution in [0, 0.1) is 5.92 Å². The van der Waals surface area contributed by atoms with Crippen LogP contribution in [-0.2, 0) is 24.1 Å². The summed E-state index contributed by atoms with van der Waals surface area (Å²) >= 11 is 0. The van der Waals surface area contributed by atoms with E-state index in [1.165, 1.54) is 24.0 Å². The number of rotatable bonds is 4. The fraction of sp³-hybridized carbons (Fsp3) is 0.609. The summed E-state index contributed by atoms with van der Waals surface area (Å²) in [5, 5.41) is 0. The van der Waals surface area contributed by atoms with Crippen molar-refractivity contribution in [3.63, 3.8) is 0 Å². The Hall–Kier alpha value is -1.74. The summed E-state index contributed by atoms with van der Waals surface area (Å²) in [6.07, 6.45) is 10.1. The number of allylic oxidation sites excluding steroid dienone is 1. The van der Waals surface area contributed by atoms with Gasteiger partial charge in [0, 0.05) is 25.7 Å². The molecule has 0 spiro atoms. The summed E-state index contributed by atoms with van der Waals surface area (Å²) in [5.74, 6) is -0.0790. The van der Waals surface area contributed by atoms with Gasteiger partial charge in [0.15, 0.2) is 0 Å². The van der Waals surface area contributed by atoms with Crippen LogP contribution in [0.4, 0.5) is 0 Å². The highest BCUT2D eigenvalue weighted by Crippen LogP contribution is 2.41. The van der Waals surface area contributed by atoms with Gasteiger partial charge in [-0.25, -0.2) is 8.42 Å². The fourth-order valence-electron chi connectivity index (χ4n) is 5.24. The van der Waals surface area contributed by atoms with Gasteiger partial charge in [0.25, 0.3) is 0 Å². The molecule has 1 aliphatic carbocycles. The first-order valence-corrected chi connectivity index (χ1v) is 12.3. The second-order valence-corrected chi connectivity index (χ2v) is 10.3. The number of carbonyl (C=O) groups is 1. The second-order valence-electron chi connectivity index (χ2n) is 9.13. The zero-order valence-corrected chi connectivity index (χ0v) is 19.3. The smallest absolute Gasteiger partial charge is 0.313 e. The Labute approximate surface area is 185 Å². The first kappa shape index (κ1) is 23.9. The molecule has 172 valence electrons. The zero-order valence-electron chi connectivity index (χ0n) is 18.5. The van der Waals surface area contributed by atoms with Crippen LogP contribution in [0.25, 0.3) is 5.57 Å². The molecule has 0 N–H and O–H groups in total. The van der Waals surface area contributed by atoms with Crippen molar-refractivity contribution in [1.29, 1.82) is 0 Å². The van der Waals surface area contributed by atoms with Crippen molar-refractivity contribution in [1.82, 2.24) is 0 Å². The number of hydrogen-bond donors (Lipinski definition) is 0. The van der Waals surface area contributed by atoms with E-state index in [-0.39, 0.29) is 18.0 Å². The van der Waals surface area contributed by atoms with Gasteiger partial charge in [-0.3, -0.25) is 8.98 Å². The maximum absolute atomic E-state index is 13.0. The van der Waals surface area contributed by atoms with Crippen LogP contribution in [0.1, 0.15) is 50.5 Å². The van der Waals surface area contributed by atoms with Crippen LogP contribution in [-0.4, -0.2) is 62.8 Å².